The average molecular weight is 288 g/mol. The van der Waals surface area contributed by atoms with Gasteiger partial charge in [-0.1, -0.05) is 17.7 Å². The molecule has 0 atom stereocenters. The molecule has 4 heteroatoms. The van der Waals surface area contributed by atoms with Gasteiger partial charge in [-0.15, -0.1) is 0 Å². The highest BCUT2D eigenvalue weighted by atomic mass is 16.5. The summed E-state index contributed by atoms with van der Waals surface area (Å²) in [4.78, 5) is 4.50. The number of benzene rings is 1. The normalized spacial score (nSPS) is 11.2. The highest BCUT2D eigenvalue weighted by Gasteiger charge is 2.06. The van der Waals surface area contributed by atoms with E-state index < -0.39 is 0 Å². The maximum atomic E-state index is 5.52. The minimum absolute atomic E-state index is 0.303. The Morgan fingerprint density at radius 1 is 1.24 bits per heavy atom. The van der Waals surface area contributed by atoms with E-state index in [0.717, 1.165) is 37.4 Å². The highest BCUT2D eigenvalue weighted by molar-refractivity contribution is 5.53. The minimum Gasteiger partial charge on any atom is -0.444 e. The molecule has 0 saturated heterocycles. The van der Waals surface area contributed by atoms with Gasteiger partial charge in [0.25, 0.3) is 0 Å². The molecule has 0 saturated carbocycles. The molecule has 1 aromatic carbocycles. The largest absolute Gasteiger partial charge is 0.444 e. The van der Waals surface area contributed by atoms with Gasteiger partial charge >= 0.3 is 0 Å². The number of nitrogens with zero attached hydrogens (tertiary/aromatic N) is 1. The van der Waals surface area contributed by atoms with Crippen LogP contribution >= 0.6 is 0 Å². The SMILES string of the molecule is Cc1ccc(-c2nc(CNCCCOC(C)C)co2)cc1. The quantitative estimate of drug-likeness (QED) is 0.755. The second-order valence-electron chi connectivity index (χ2n) is 5.46. The summed E-state index contributed by atoms with van der Waals surface area (Å²) in [6.07, 6.45) is 3.02. The first kappa shape index (κ1) is 15.7. The summed E-state index contributed by atoms with van der Waals surface area (Å²) in [6, 6.07) is 8.18. The molecule has 2 rings (SSSR count). The van der Waals surface area contributed by atoms with Gasteiger partial charge in [0.15, 0.2) is 0 Å². The Bertz CT molecular complexity index is 532. The van der Waals surface area contributed by atoms with Gasteiger partial charge in [0.1, 0.15) is 6.26 Å². The summed E-state index contributed by atoms with van der Waals surface area (Å²) in [7, 11) is 0. The fourth-order valence-electron chi connectivity index (χ4n) is 1.95. The van der Waals surface area contributed by atoms with Gasteiger partial charge in [-0.2, -0.15) is 0 Å². The minimum atomic E-state index is 0.303. The standard InChI is InChI=1S/C17H24N2O2/c1-13(2)20-10-4-9-18-11-16-12-21-17(19-16)15-7-5-14(3)6-8-15/h5-8,12-13,18H,4,9-11H2,1-3H3. The lowest BCUT2D eigenvalue weighted by Gasteiger charge is -2.07. The number of oxazole rings is 1. The summed E-state index contributed by atoms with van der Waals surface area (Å²) >= 11 is 0. The average Bonchev–Trinajstić information content (AvgIpc) is 2.92. The fourth-order valence-corrected chi connectivity index (χ4v) is 1.95. The van der Waals surface area contributed by atoms with Crippen LogP contribution < -0.4 is 5.32 Å². The van der Waals surface area contributed by atoms with Gasteiger partial charge in [0.2, 0.25) is 5.89 Å². The number of aryl methyl sites for hydroxylation is 1. The van der Waals surface area contributed by atoms with E-state index in [1.165, 1.54) is 5.56 Å². The van der Waals surface area contributed by atoms with Crippen LogP contribution in [-0.2, 0) is 11.3 Å². The molecule has 1 aromatic heterocycles. The Balaban J connectivity index is 1.74. The Morgan fingerprint density at radius 3 is 2.71 bits per heavy atom. The summed E-state index contributed by atoms with van der Waals surface area (Å²) in [5, 5.41) is 3.35. The number of rotatable bonds is 8. The summed E-state index contributed by atoms with van der Waals surface area (Å²) in [6.45, 7) is 8.59. The third-order valence-corrected chi connectivity index (χ3v) is 3.11. The van der Waals surface area contributed by atoms with Crippen LogP contribution in [0.3, 0.4) is 0 Å². The molecule has 1 N–H and O–H groups in total. The van der Waals surface area contributed by atoms with E-state index in [0.29, 0.717) is 12.0 Å². The van der Waals surface area contributed by atoms with E-state index >= 15 is 0 Å². The van der Waals surface area contributed by atoms with E-state index in [4.69, 9.17) is 9.15 Å². The van der Waals surface area contributed by atoms with Gasteiger partial charge in [-0.3, -0.25) is 0 Å². The van der Waals surface area contributed by atoms with Gasteiger partial charge in [0, 0.05) is 18.7 Å². The van der Waals surface area contributed by atoms with Crippen molar-refractivity contribution >= 4 is 0 Å². The predicted octanol–water partition coefficient (Wildman–Crippen LogP) is 3.55. The van der Waals surface area contributed by atoms with E-state index in [2.05, 4.69) is 43.2 Å². The summed E-state index contributed by atoms with van der Waals surface area (Å²) in [5.74, 6) is 0.676. The molecule has 0 radical (unpaired) electrons. The fraction of sp³-hybridized carbons (Fsp3) is 0.471. The van der Waals surface area contributed by atoms with Crippen molar-refractivity contribution in [2.45, 2.75) is 39.8 Å². The molecule has 0 aliphatic heterocycles. The Kier molecular flexibility index (Phi) is 5.96. The van der Waals surface area contributed by atoms with Gasteiger partial charge in [-0.05, 0) is 45.9 Å². The zero-order chi connectivity index (χ0) is 15.1. The molecule has 0 aliphatic rings. The number of nitrogens with one attached hydrogen (secondary N) is 1. The second kappa shape index (κ2) is 7.96. The van der Waals surface area contributed by atoms with Crippen molar-refractivity contribution in [2.24, 2.45) is 0 Å². The number of aromatic nitrogens is 1. The summed E-state index contributed by atoms with van der Waals surface area (Å²) in [5.41, 5.74) is 3.17. The molecule has 2 aromatic rings. The van der Waals surface area contributed by atoms with Crippen molar-refractivity contribution < 1.29 is 9.15 Å². The predicted molar refractivity (Wildman–Crippen MR) is 84.1 cm³/mol. The van der Waals surface area contributed by atoms with E-state index in [1.54, 1.807) is 6.26 Å². The van der Waals surface area contributed by atoms with Crippen molar-refractivity contribution in [1.82, 2.24) is 10.3 Å². The Morgan fingerprint density at radius 2 is 2.00 bits per heavy atom. The van der Waals surface area contributed by atoms with Crippen LogP contribution in [0.15, 0.2) is 34.9 Å². The first-order valence-corrected chi connectivity index (χ1v) is 7.49. The van der Waals surface area contributed by atoms with E-state index in [-0.39, 0.29) is 0 Å². The molecule has 0 unspecified atom stereocenters. The lowest BCUT2D eigenvalue weighted by Crippen LogP contribution is -2.17. The maximum Gasteiger partial charge on any atom is 0.226 e. The van der Waals surface area contributed by atoms with Crippen LogP contribution in [0.1, 0.15) is 31.5 Å². The third kappa shape index (κ3) is 5.33. The molecule has 21 heavy (non-hydrogen) atoms. The number of hydrogen-bond donors (Lipinski definition) is 1. The van der Waals surface area contributed by atoms with Gasteiger partial charge < -0.3 is 14.5 Å². The topological polar surface area (TPSA) is 47.3 Å². The van der Waals surface area contributed by atoms with Gasteiger partial charge in [0.05, 0.1) is 11.8 Å². The van der Waals surface area contributed by atoms with Crippen LogP contribution in [0.4, 0.5) is 0 Å². The monoisotopic (exact) mass is 288 g/mol. The molecule has 0 aliphatic carbocycles. The van der Waals surface area contributed by atoms with Gasteiger partial charge in [-0.25, -0.2) is 4.98 Å². The van der Waals surface area contributed by atoms with Crippen LogP contribution in [0.25, 0.3) is 11.5 Å². The number of hydrogen-bond acceptors (Lipinski definition) is 4. The Labute approximate surface area is 126 Å². The van der Waals surface area contributed by atoms with Crippen molar-refractivity contribution in [3.05, 3.63) is 41.8 Å². The lowest BCUT2D eigenvalue weighted by atomic mass is 10.1. The zero-order valence-electron chi connectivity index (χ0n) is 13.1. The molecular formula is C17H24N2O2. The smallest absolute Gasteiger partial charge is 0.226 e. The maximum absolute atomic E-state index is 5.52. The summed E-state index contributed by atoms with van der Waals surface area (Å²) < 4.78 is 11.0. The molecule has 0 bridgehead atoms. The lowest BCUT2D eigenvalue weighted by molar-refractivity contribution is 0.0770. The Hall–Kier alpha value is -1.65. The van der Waals surface area contributed by atoms with Crippen molar-refractivity contribution in [2.75, 3.05) is 13.2 Å². The molecule has 1 heterocycles. The zero-order valence-corrected chi connectivity index (χ0v) is 13.1. The van der Waals surface area contributed by atoms with Crippen LogP contribution in [0.5, 0.6) is 0 Å². The van der Waals surface area contributed by atoms with E-state index in [1.807, 2.05) is 12.1 Å². The number of ether oxygens (including phenoxy) is 1. The van der Waals surface area contributed by atoms with Crippen LogP contribution in [-0.4, -0.2) is 24.2 Å². The first-order valence-electron chi connectivity index (χ1n) is 7.49. The molecule has 0 spiro atoms. The molecule has 0 fully saturated rings. The van der Waals surface area contributed by atoms with E-state index in [9.17, 15) is 0 Å². The second-order valence-corrected chi connectivity index (χ2v) is 5.46. The molecule has 114 valence electrons. The molecule has 4 nitrogen and oxygen atoms in total. The molecular weight excluding hydrogens is 264 g/mol. The first-order chi connectivity index (χ1) is 10.1. The van der Waals surface area contributed by atoms with Crippen molar-refractivity contribution in [3.63, 3.8) is 0 Å². The van der Waals surface area contributed by atoms with Crippen molar-refractivity contribution in [3.8, 4) is 11.5 Å². The highest BCUT2D eigenvalue weighted by Crippen LogP contribution is 2.18. The van der Waals surface area contributed by atoms with Crippen LogP contribution in [0.2, 0.25) is 0 Å². The van der Waals surface area contributed by atoms with Crippen LogP contribution in [0, 0.1) is 6.92 Å². The van der Waals surface area contributed by atoms with Crippen molar-refractivity contribution in [1.29, 1.82) is 0 Å². The molecule has 0 amide bonds. The third-order valence-electron chi connectivity index (χ3n) is 3.11.